The standard InChI is InChI=1S/C23H18BrClFN3O.C17H10BrClFNO.C7H17NO2.2CH4/c24-16-10-15-9-14(4-7-21(15)27-12-16)19-13-29(22-3-1-2-8-30-22)28-23(19)18-11-17(25)5-6-20(18)26;18-12-7-11-5-10(1-4-16(11)21-9-12)6-17(22)14-8-13(19)2-3-15(14)20;1-5-9-7(8(3)4)10-6-2;;/h4-7,9-13,22H,1-3,8H2;1-5,7-9H,6H2;7H,5-6H2,1-4H3;2*1H4. The number of fused-ring (bicyclic) bond motifs is 2. The molecule has 0 radical (unpaired) electrons. The van der Waals surface area contributed by atoms with Crippen molar-refractivity contribution in [2.45, 2.75) is 67.0 Å². The van der Waals surface area contributed by atoms with Crippen molar-refractivity contribution >= 4 is 82.7 Å². The van der Waals surface area contributed by atoms with Gasteiger partial charge < -0.3 is 14.2 Å². The van der Waals surface area contributed by atoms with Gasteiger partial charge in [-0.05, 0) is 163 Å². The zero-order valence-electron chi connectivity index (χ0n) is 34.6. The summed E-state index contributed by atoms with van der Waals surface area (Å²) in [5.41, 5.74) is 5.22. The monoisotopic (exact) mass is 1040 g/mol. The van der Waals surface area contributed by atoms with E-state index in [0.717, 1.165) is 66.7 Å². The van der Waals surface area contributed by atoms with Crippen LogP contribution in [0.3, 0.4) is 0 Å². The van der Waals surface area contributed by atoms with E-state index in [9.17, 15) is 13.6 Å². The predicted octanol–water partition coefficient (Wildman–Crippen LogP) is 14.4. The summed E-state index contributed by atoms with van der Waals surface area (Å²) in [5.74, 6) is -1.22. The van der Waals surface area contributed by atoms with Gasteiger partial charge in [0.05, 0.1) is 16.6 Å². The Kier molecular flexibility index (Phi) is 20.4. The minimum absolute atomic E-state index is 0. The molecular weight excluding hydrogens is 991 g/mol. The molecule has 340 valence electrons. The largest absolute Gasteiger partial charge is 0.357 e. The van der Waals surface area contributed by atoms with Crippen LogP contribution in [-0.4, -0.2) is 70.8 Å². The summed E-state index contributed by atoms with van der Waals surface area (Å²) in [6, 6.07) is 24.0. The van der Waals surface area contributed by atoms with Crippen molar-refractivity contribution < 1.29 is 27.8 Å². The molecular formula is C49H53Br2Cl2F2N5O4. The third kappa shape index (κ3) is 13.9. The summed E-state index contributed by atoms with van der Waals surface area (Å²) in [6.07, 6.45) is 8.22. The van der Waals surface area contributed by atoms with E-state index < -0.39 is 5.82 Å². The average Bonchev–Trinajstić information content (AvgIpc) is 3.71. The number of hydrogen-bond donors (Lipinski definition) is 0. The Morgan fingerprint density at radius 2 is 1.42 bits per heavy atom. The Hall–Kier alpha value is -4.18. The molecule has 0 spiro atoms. The number of Topliss-reactive ketones (excluding diaryl/α,β-unsaturated/α-hetero) is 1. The van der Waals surface area contributed by atoms with E-state index in [4.69, 9.17) is 42.5 Å². The molecule has 15 heteroatoms. The first-order chi connectivity index (χ1) is 29.8. The number of carbonyl (C=O) groups is 1. The van der Waals surface area contributed by atoms with E-state index in [1.165, 1.54) is 24.3 Å². The zero-order valence-corrected chi connectivity index (χ0v) is 39.2. The molecule has 1 saturated heterocycles. The summed E-state index contributed by atoms with van der Waals surface area (Å²) in [7, 11) is 3.85. The minimum atomic E-state index is -0.556. The van der Waals surface area contributed by atoms with Crippen molar-refractivity contribution in [2.24, 2.45) is 0 Å². The summed E-state index contributed by atoms with van der Waals surface area (Å²) in [5, 5.41) is 7.47. The van der Waals surface area contributed by atoms with Crippen LogP contribution in [0.4, 0.5) is 8.78 Å². The van der Waals surface area contributed by atoms with E-state index in [1.807, 2.05) is 92.3 Å². The fraction of sp³-hybridized carbons (Fsp3) is 0.306. The fourth-order valence-corrected chi connectivity index (χ4v) is 7.76. The Morgan fingerprint density at radius 1 is 0.812 bits per heavy atom. The molecule has 7 aromatic rings. The Balaban J connectivity index is 0.000000233. The van der Waals surface area contributed by atoms with Crippen LogP contribution >= 0.6 is 55.1 Å². The van der Waals surface area contributed by atoms with Gasteiger partial charge in [0.2, 0.25) is 6.41 Å². The molecule has 1 fully saturated rings. The molecule has 1 atom stereocenters. The van der Waals surface area contributed by atoms with Crippen molar-refractivity contribution in [1.29, 1.82) is 0 Å². The Labute approximate surface area is 401 Å². The fourth-order valence-electron chi connectivity index (χ4n) is 6.72. The highest BCUT2D eigenvalue weighted by molar-refractivity contribution is 9.10. The van der Waals surface area contributed by atoms with Gasteiger partial charge in [-0.2, -0.15) is 5.10 Å². The quantitative estimate of drug-likeness (QED) is 0.0935. The second kappa shape index (κ2) is 24.9. The number of aromatic nitrogens is 4. The third-order valence-corrected chi connectivity index (χ3v) is 11.0. The van der Waals surface area contributed by atoms with Gasteiger partial charge >= 0.3 is 0 Å². The maximum atomic E-state index is 14.8. The molecule has 0 saturated carbocycles. The lowest BCUT2D eigenvalue weighted by molar-refractivity contribution is -0.206. The van der Waals surface area contributed by atoms with Gasteiger partial charge in [-0.15, -0.1) is 0 Å². The second-order valence-corrected chi connectivity index (χ2v) is 17.2. The Bertz CT molecular complexity index is 2640. The maximum absolute atomic E-state index is 14.8. The maximum Gasteiger partial charge on any atom is 0.218 e. The highest BCUT2D eigenvalue weighted by Gasteiger charge is 2.23. The summed E-state index contributed by atoms with van der Waals surface area (Å²) >= 11 is 18.9. The van der Waals surface area contributed by atoms with Crippen molar-refractivity contribution in [1.82, 2.24) is 24.6 Å². The number of hydrogen-bond acceptors (Lipinski definition) is 8. The molecule has 0 bridgehead atoms. The molecule has 1 aliphatic heterocycles. The third-order valence-electron chi connectivity index (χ3n) is 9.67. The molecule has 4 aromatic carbocycles. The van der Waals surface area contributed by atoms with Crippen molar-refractivity contribution in [3.05, 3.63) is 145 Å². The van der Waals surface area contributed by atoms with Crippen LogP contribution in [0.1, 0.15) is 70.1 Å². The topological polar surface area (TPSA) is 91.6 Å². The average molecular weight is 1040 g/mol. The van der Waals surface area contributed by atoms with E-state index in [1.54, 1.807) is 24.5 Å². The Morgan fingerprint density at radius 3 is 2.03 bits per heavy atom. The summed E-state index contributed by atoms with van der Waals surface area (Å²) in [4.78, 5) is 22.9. The molecule has 3 aromatic heterocycles. The highest BCUT2D eigenvalue weighted by Crippen LogP contribution is 2.37. The first-order valence-corrected chi connectivity index (χ1v) is 22.3. The molecule has 0 aliphatic carbocycles. The van der Waals surface area contributed by atoms with Gasteiger partial charge in [-0.25, -0.2) is 13.5 Å². The number of ketones is 1. The molecule has 8 rings (SSSR count). The summed E-state index contributed by atoms with van der Waals surface area (Å²) in [6.45, 7) is 5.98. The lowest BCUT2D eigenvalue weighted by Gasteiger charge is -2.22. The first kappa shape index (κ1) is 52.4. The molecule has 0 N–H and O–H groups in total. The lowest BCUT2D eigenvalue weighted by Crippen LogP contribution is -2.33. The van der Waals surface area contributed by atoms with E-state index in [2.05, 4.69) is 41.8 Å². The van der Waals surface area contributed by atoms with Crippen LogP contribution in [0.25, 0.3) is 44.2 Å². The van der Waals surface area contributed by atoms with E-state index in [-0.39, 0.29) is 51.1 Å². The van der Waals surface area contributed by atoms with Crippen LogP contribution in [0.5, 0.6) is 0 Å². The van der Waals surface area contributed by atoms with E-state index in [0.29, 0.717) is 41.1 Å². The summed E-state index contributed by atoms with van der Waals surface area (Å²) < 4.78 is 48.5. The van der Waals surface area contributed by atoms with Crippen molar-refractivity contribution in [3.8, 4) is 22.4 Å². The molecule has 9 nitrogen and oxygen atoms in total. The number of nitrogens with zero attached hydrogens (tertiary/aromatic N) is 5. The number of carbonyl (C=O) groups excluding carboxylic acids is 1. The number of pyridine rings is 2. The van der Waals surface area contributed by atoms with Crippen LogP contribution in [-0.2, 0) is 20.6 Å². The van der Waals surface area contributed by atoms with Crippen LogP contribution in [0, 0.1) is 11.6 Å². The van der Waals surface area contributed by atoms with Gasteiger partial charge in [-0.1, -0.05) is 50.2 Å². The number of halogens is 6. The van der Waals surface area contributed by atoms with Gasteiger partial charge in [0, 0.05) is 85.7 Å². The molecule has 4 heterocycles. The highest BCUT2D eigenvalue weighted by atomic mass is 79.9. The number of rotatable bonds is 11. The first-order valence-electron chi connectivity index (χ1n) is 20.0. The number of benzene rings is 4. The van der Waals surface area contributed by atoms with Crippen molar-refractivity contribution in [3.63, 3.8) is 0 Å². The minimum Gasteiger partial charge on any atom is -0.357 e. The van der Waals surface area contributed by atoms with E-state index >= 15 is 0 Å². The van der Waals surface area contributed by atoms with Gasteiger partial charge in [-0.3, -0.25) is 19.7 Å². The van der Waals surface area contributed by atoms with Crippen LogP contribution in [0.2, 0.25) is 10.0 Å². The normalized spacial score (nSPS) is 13.4. The lowest BCUT2D eigenvalue weighted by atomic mass is 10.00. The SMILES string of the molecule is C.C.CCOC(OCC)N(C)C.Fc1ccc(Cl)cc1-c1nn(C2CCCCO2)cc1-c1ccc2ncc(Br)cc2c1.O=C(Cc1ccc2ncc(Br)cc2c1)c1cc(Cl)ccc1F. The number of ether oxygens (including phenoxy) is 3. The molecule has 0 amide bonds. The van der Waals surface area contributed by atoms with Gasteiger partial charge in [0.1, 0.15) is 23.6 Å². The molecule has 64 heavy (non-hydrogen) atoms. The molecule has 1 aliphatic rings. The van der Waals surface area contributed by atoms with Crippen LogP contribution in [0.15, 0.2) is 112 Å². The zero-order chi connectivity index (χ0) is 44.3. The second-order valence-electron chi connectivity index (χ2n) is 14.5. The predicted molar refractivity (Wildman–Crippen MR) is 263 cm³/mol. The van der Waals surface area contributed by atoms with Gasteiger partial charge in [0.15, 0.2) is 5.78 Å². The van der Waals surface area contributed by atoms with Crippen molar-refractivity contribution in [2.75, 3.05) is 33.9 Å². The smallest absolute Gasteiger partial charge is 0.218 e. The molecule has 1 unspecified atom stereocenters. The van der Waals surface area contributed by atoms with Gasteiger partial charge in [0.25, 0.3) is 0 Å². The van der Waals surface area contributed by atoms with Crippen LogP contribution < -0.4 is 0 Å².